The van der Waals surface area contributed by atoms with Gasteiger partial charge in [-0.2, -0.15) is 9.29 Å². The summed E-state index contributed by atoms with van der Waals surface area (Å²) < 4.78 is 38.5. The van der Waals surface area contributed by atoms with Gasteiger partial charge in [-0.25, -0.2) is 13.4 Å². The van der Waals surface area contributed by atoms with Gasteiger partial charge in [-0.15, -0.1) is 0 Å². The number of aromatic nitrogens is 2. The van der Waals surface area contributed by atoms with Crippen molar-refractivity contribution in [3.8, 4) is 11.6 Å². The van der Waals surface area contributed by atoms with Crippen LogP contribution in [0.1, 0.15) is 31.3 Å². The van der Waals surface area contributed by atoms with Crippen LogP contribution in [0.4, 0.5) is 0 Å². The minimum Gasteiger partial charge on any atom is -0.494 e. The van der Waals surface area contributed by atoms with E-state index in [1.54, 1.807) is 30.3 Å². The third kappa shape index (κ3) is 4.75. The van der Waals surface area contributed by atoms with E-state index in [1.165, 1.54) is 4.31 Å². The first-order valence-electron chi connectivity index (χ1n) is 9.10. The average Bonchev–Trinajstić information content (AvgIpc) is 2.62. The lowest BCUT2D eigenvalue weighted by atomic mass is 10.1. The fourth-order valence-corrected chi connectivity index (χ4v) is 4.60. The van der Waals surface area contributed by atoms with E-state index in [4.69, 9.17) is 9.47 Å². The summed E-state index contributed by atoms with van der Waals surface area (Å²) in [6.45, 7) is 7.00. The van der Waals surface area contributed by atoms with E-state index >= 15 is 0 Å². The summed E-state index contributed by atoms with van der Waals surface area (Å²) in [6.07, 6.45) is 1.20. The van der Waals surface area contributed by atoms with Crippen LogP contribution in [0, 0.1) is 13.8 Å². The molecule has 0 unspecified atom stereocenters. The molecule has 0 atom stereocenters. The summed E-state index contributed by atoms with van der Waals surface area (Å²) >= 11 is 0. The first-order chi connectivity index (χ1) is 12.9. The maximum Gasteiger partial charge on any atom is 0.243 e. The second kappa shape index (κ2) is 8.22. The van der Waals surface area contributed by atoms with Crippen molar-refractivity contribution in [3.63, 3.8) is 0 Å². The molecule has 8 heteroatoms. The van der Waals surface area contributed by atoms with Gasteiger partial charge in [0.2, 0.25) is 15.9 Å². The van der Waals surface area contributed by atoms with Gasteiger partial charge in [0.15, 0.2) is 0 Å². The molecular formula is C19H25N3O4S. The zero-order chi connectivity index (χ0) is 19.4. The number of ether oxygens (including phenoxy) is 2. The monoisotopic (exact) mass is 391 g/mol. The van der Waals surface area contributed by atoms with Crippen molar-refractivity contribution in [3.05, 3.63) is 41.9 Å². The van der Waals surface area contributed by atoms with Crippen LogP contribution in [-0.2, 0) is 10.0 Å². The molecule has 2 heterocycles. The van der Waals surface area contributed by atoms with Crippen LogP contribution < -0.4 is 9.47 Å². The smallest absolute Gasteiger partial charge is 0.243 e. The Morgan fingerprint density at radius 3 is 2.37 bits per heavy atom. The molecule has 7 nitrogen and oxygen atoms in total. The summed E-state index contributed by atoms with van der Waals surface area (Å²) in [6, 6.07) is 8.36. The number of benzene rings is 1. The fourth-order valence-electron chi connectivity index (χ4n) is 3.13. The van der Waals surface area contributed by atoms with Gasteiger partial charge in [0, 0.05) is 24.8 Å². The molecule has 0 N–H and O–H groups in total. The first kappa shape index (κ1) is 19.6. The van der Waals surface area contributed by atoms with E-state index in [9.17, 15) is 8.42 Å². The Morgan fingerprint density at radius 2 is 1.78 bits per heavy atom. The van der Waals surface area contributed by atoms with E-state index in [1.807, 2.05) is 20.8 Å². The SMILES string of the molecule is CCOc1ccc(S(=O)(=O)N2CCC(Oc3cc(C)nc(C)n3)CC2)cc1. The number of hydrogen-bond acceptors (Lipinski definition) is 6. The number of nitrogens with zero attached hydrogens (tertiary/aromatic N) is 3. The molecule has 146 valence electrons. The largest absolute Gasteiger partial charge is 0.494 e. The second-order valence-electron chi connectivity index (χ2n) is 6.52. The maximum atomic E-state index is 12.8. The van der Waals surface area contributed by atoms with E-state index in [2.05, 4.69) is 9.97 Å². The molecule has 0 saturated carbocycles. The van der Waals surface area contributed by atoms with Crippen LogP contribution in [0.25, 0.3) is 0 Å². The summed E-state index contributed by atoms with van der Waals surface area (Å²) in [5, 5.41) is 0. The van der Waals surface area contributed by atoms with Gasteiger partial charge in [0.1, 0.15) is 17.7 Å². The molecule has 0 radical (unpaired) electrons. The molecule has 1 aromatic carbocycles. The van der Waals surface area contributed by atoms with Crippen molar-refractivity contribution in [2.45, 2.75) is 44.6 Å². The van der Waals surface area contributed by atoms with Crippen molar-refractivity contribution in [2.24, 2.45) is 0 Å². The van der Waals surface area contributed by atoms with E-state index in [0.29, 0.717) is 50.0 Å². The lowest BCUT2D eigenvalue weighted by Crippen LogP contribution is -2.41. The highest BCUT2D eigenvalue weighted by atomic mass is 32.2. The van der Waals surface area contributed by atoms with Crippen molar-refractivity contribution in [1.29, 1.82) is 0 Å². The molecule has 1 aliphatic heterocycles. The molecule has 2 aromatic rings. The summed E-state index contributed by atoms with van der Waals surface area (Å²) in [7, 11) is -3.51. The molecule has 1 aliphatic rings. The van der Waals surface area contributed by atoms with Crippen molar-refractivity contribution < 1.29 is 17.9 Å². The van der Waals surface area contributed by atoms with Crippen molar-refractivity contribution in [2.75, 3.05) is 19.7 Å². The molecule has 0 bridgehead atoms. The number of rotatable bonds is 6. The number of hydrogen-bond donors (Lipinski definition) is 0. The van der Waals surface area contributed by atoms with E-state index in [-0.39, 0.29) is 11.0 Å². The minimum absolute atomic E-state index is 0.0505. The third-order valence-corrected chi connectivity index (χ3v) is 6.32. The Labute approximate surface area is 160 Å². The molecular weight excluding hydrogens is 366 g/mol. The Hall–Kier alpha value is -2.19. The Kier molecular flexibility index (Phi) is 5.96. The van der Waals surface area contributed by atoms with Gasteiger partial charge in [0.05, 0.1) is 11.5 Å². The Morgan fingerprint density at radius 1 is 1.11 bits per heavy atom. The van der Waals surface area contributed by atoms with Gasteiger partial charge in [-0.1, -0.05) is 0 Å². The summed E-state index contributed by atoms with van der Waals surface area (Å²) in [4.78, 5) is 8.81. The molecule has 1 aromatic heterocycles. The van der Waals surface area contributed by atoms with Crippen LogP contribution in [0.3, 0.4) is 0 Å². The maximum absolute atomic E-state index is 12.8. The molecule has 0 spiro atoms. The average molecular weight is 391 g/mol. The second-order valence-corrected chi connectivity index (χ2v) is 8.46. The Bertz CT molecular complexity index is 856. The Balaban J connectivity index is 1.62. The number of aryl methyl sites for hydroxylation is 2. The third-order valence-electron chi connectivity index (χ3n) is 4.40. The normalized spacial score (nSPS) is 16.3. The number of sulfonamides is 1. The van der Waals surface area contributed by atoms with E-state index < -0.39 is 10.0 Å². The lowest BCUT2D eigenvalue weighted by Gasteiger charge is -2.31. The molecule has 1 fully saturated rings. The van der Waals surface area contributed by atoms with Crippen LogP contribution in [0.2, 0.25) is 0 Å². The van der Waals surface area contributed by atoms with Crippen LogP contribution >= 0.6 is 0 Å². The van der Waals surface area contributed by atoms with E-state index in [0.717, 1.165) is 5.69 Å². The molecule has 0 aliphatic carbocycles. The highest BCUT2D eigenvalue weighted by Crippen LogP contribution is 2.24. The van der Waals surface area contributed by atoms with Crippen molar-refractivity contribution >= 4 is 10.0 Å². The van der Waals surface area contributed by atoms with Crippen molar-refractivity contribution in [1.82, 2.24) is 14.3 Å². The van der Waals surface area contributed by atoms with Gasteiger partial charge >= 0.3 is 0 Å². The highest BCUT2D eigenvalue weighted by molar-refractivity contribution is 7.89. The number of piperidine rings is 1. The molecule has 27 heavy (non-hydrogen) atoms. The van der Waals surface area contributed by atoms with Crippen LogP contribution in [0.5, 0.6) is 11.6 Å². The molecule has 0 amide bonds. The standard InChI is InChI=1S/C19H25N3O4S/c1-4-25-16-5-7-18(8-6-16)27(23,24)22-11-9-17(10-12-22)26-19-13-14(2)20-15(3)21-19/h5-8,13,17H,4,9-12H2,1-3H3. The predicted molar refractivity (Wildman–Crippen MR) is 102 cm³/mol. The lowest BCUT2D eigenvalue weighted by molar-refractivity contribution is 0.129. The van der Waals surface area contributed by atoms with Crippen LogP contribution in [-0.4, -0.2) is 48.5 Å². The van der Waals surface area contributed by atoms with Crippen LogP contribution in [0.15, 0.2) is 35.2 Å². The fraction of sp³-hybridized carbons (Fsp3) is 0.474. The molecule has 1 saturated heterocycles. The highest BCUT2D eigenvalue weighted by Gasteiger charge is 2.30. The van der Waals surface area contributed by atoms with Gasteiger partial charge in [-0.05, 0) is 57.9 Å². The van der Waals surface area contributed by atoms with Gasteiger partial charge in [0.25, 0.3) is 0 Å². The quantitative estimate of drug-likeness (QED) is 0.753. The topological polar surface area (TPSA) is 81.6 Å². The van der Waals surface area contributed by atoms with Gasteiger partial charge in [-0.3, -0.25) is 0 Å². The summed E-state index contributed by atoms with van der Waals surface area (Å²) in [5.41, 5.74) is 0.855. The first-order valence-corrected chi connectivity index (χ1v) is 10.5. The predicted octanol–water partition coefficient (Wildman–Crippen LogP) is 2.72. The molecule has 3 rings (SSSR count). The van der Waals surface area contributed by atoms with Gasteiger partial charge < -0.3 is 9.47 Å². The minimum atomic E-state index is -3.51. The zero-order valence-corrected chi connectivity index (χ0v) is 16.7. The zero-order valence-electron chi connectivity index (χ0n) is 15.9. The summed E-state index contributed by atoms with van der Waals surface area (Å²) in [5.74, 6) is 1.88.